The van der Waals surface area contributed by atoms with Crippen LogP contribution in [0.4, 0.5) is 5.69 Å². The van der Waals surface area contributed by atoms with Crippen molar-refractivity contribution in [2.24, 2.45) is 0 Å². The Morgan fingerprint density at radius 2 is 1.96 bits per heavy atom. The molecule has 0 aliphatic heterocycles. The minimum atomic E-state index is -0.570. The molecule has 1 heterocycles. The zero-order valence-electron chi connectivity index (χ0n) is 12.1. The summed E-state index contributed by atoms with van der Waals surface area (Å²) in [5.41, 5.74) is 0.605. The van der Waals surface area contributed by atoms with Gasteiger partial charge in [-0.15, -0.1) is 11.3 Å². The summed E-state index contributed by atoms with van der Waals surface area (Å²) in [6, 6.07) is 10.6. The van der Waals surface area contributed by atoms with Crippen LogP contribution in [0.2, 0.25) is 0 Å². The third-order valence-electron chi connectivity index (χ3n) is 2.82. The predicted molar refractivity (Wildman–Crippen MR) is 91.6 cm³/mol. The number of thiophene rings is 1. The van der Waals surface area contributed by atoms with Crippen LogP contribution < -0.4 is 5.32 Å². The summed E-state index contributed by atoms with van der Waals surface area (Å²) in [6.45, 7) is -0.376. The molecule has 2 rings (SSSR count). The van der Waals surface area contributed by atoms with Gasteiger partial charge in [-0.2, -0.15) is 0 Å². The van der Waals surface area contributed by atoms with Crippen LogP contribution in [0.15, 0.2) is 46.3 Å². The smallest absolute Gasteiger partial charge is 0.306 e. The highest BCUT2D eigenvalue weighted by Gasteiger charge is 2.12. The lowest BCUT2D eigenvalue weighted by atomic mass is 10.2. The zero-order chi connectivity index (χ0) is 16.7. The normalized spacial score (nSPS) is 10.1. The second kappa shape index (κ2) is 8.59. The predicted octanol–water partition coefficient (Wildman–Crippen LogP) is 3.66. The van der Waals surface area contributed by atoms with Gasteiger partial charge in [-0.25, -0.2) is 0 Å². The molecule has 0 fully saturated rings. The van der Waals surface area contributed by atoms with Crippen molar-refractivity contribution in [3.8, 4) is 0 Å². The maximum absolute atomic E-state index is 11.7. The molecule has 120 valence electrons. The largest absolute Gasteiger partial charge is 0.456 e. The van der Waals surface area contributed by atoms with Crippen LogP contribution in [0.1, 0.15) is 22.5 Å². The van der Waals surface area contributed by atoms with E-state index >= 15 is 0 Å². The third-order valence-corrected chi connectivity index (χ3v) is 4.23. The fourth-order valence-electron chi connectivity index (χ4n) is 1.76. The summed E-state index contributed by atoms with van der Waals surface area (Å²) >= 11 is 4.63. The molecule has 0 bridgehead atoms. The van der Waals surface area contributed by atoms with Crippen LogP contribution in [0.25, 0.3) is 0 Å². The molecular formula is C16H14BrNO4S. The monoisotopic (exact) mass is 395 g/mol. The number of esters is 1. The van der Waals surface area contributed by atoms with E-state index in [9.17, 15) is 14.4 Å². The first kappa shape index (κ1) is 17.4. The summed E-state index contributed by atoms with van der Waals surface area (Å²) in [6.07, 6.45) is 0.0352. The molecule has 0 saturated heterocycles. The van der Waals surface area contributed by atoms with Gasteiger partial charge in [0.05, 0.1) is 11.3 Å². The van der Waals surface area contributed by atoms with Gasteiger partial charge in [-0.1, -0.05) is 28.1 Å². The van der Waals surface area contributed by atoms with E-state index in [4.69, 9.17) is 4.74 Å². The lowest BCUT2D eigenvalue weighted by molar-refractivity contribution is -0.147. The number of hydrogen-bond acceptors (Lipinski definition) is 5. The van der Waals surface area contributed by atoms with Crippen molar-refractivity contribution in [3.63, 3.8) is 0 Å². The Kier molecular flexibility index (Phi) is 6.49. The zero-order valence-corrected chi connectivity index (χ0v) is 14.5. The van der Waals surface area contributed by atoms with E-state index < -0.39 is 11.9 Å². The molecule has 0 spiro atoms. The molecule has 1 N–H and O–H groups in total. The molecule has 0 aliphatic carbocycles. The van der Waals surface area contributed by atoms with E-state index in [-0.39, 0.29) is 25.2 Å². The first-order chi connectivity index (χ1) is 11.0. The van der Waals surface area contributed by atoms with Crippen molar-refractivity contribution in [2.75, 3.05) is 11.9 Å². The van der Waals surface area contributed by atoms with E-state index in [0.717, 1.165) is 4.47 Å². The molecule has 0 aliphatic rings. The van der Waals surface area contributed by atoms with Crippen molar-refractivity contribution in [2.45, 2.75) is 12.8 Å². The lowest BCUT2D eigenvalue weighted by Crippen LogP contribution is -2.21. The van der Waals surface area contributed by atoms with Gasteiger partial charge in [0, 0.05) is 16.6 Å². The summed E-state index contributed by atoms with van der Waals surface area (Å²) in [7, 11) is 0. The molecule has 0 atom stereocenters. The van der Waals surface area contributed by atoms with Crippen LogP contribution in [0.3, 0.4) is 0 Å². The fraction of sp³-hybridized carbons (Fsp3) is 0.188. The van der Waals surface area contributed by atoms with Crippen molar-refractivity contribution in [1.29, 1.82) is 0 Å². The Balaban J connectivity index is 1.69. The Labute approximate surface area is 145 Å². The highest BCUT2D eigenvalue weighted by molar-refractivity contribution is 9.10. The molecule has 0 unspecified atom stereocenters. The second-order valence-corrected chi connectivity index (χ2v) is 6.48. The molecule has 23 heavy (non-hydrogen) atoms. The van der Waals surface area contributed by atoms with Gasteiger partial charge in [0.15, 0.2) is 12.4 Å². The van der Waals surface area contributed by atoms with Crippen LogP contribution in [-0.2, 0) is 14.3 Å². The first-order valence-electron chi connectivity index (χ1n) is 6.82. The van der Waals surface area contributed by atoms with E-state index in [1.54, 1.807) is 35.7 Å². The number of halogens is 1. The van der Waals surface area contributed by atoms with E-state index in [1.807, 2.05) is 6.07 Å². The Hall–Kier alpha value is -1.99. The number of ether oxygens (including phenoxy) is 1. The molecular weight excluding hydrogens is 382 g/mol. The number of carbonyl (C=O) groups is 3. The molecule has 0 saturated carbocycles. The number of amides is 1. The third kappa shape index (κ3) is 5.96. The van der Waals surface area contributed by atoms with Gasteiger partial charge in [0.2, 0.25) is 0 Å². The highest BCUT2D eigenvalue weighted by Crippen LogP contribution is 2.15. The SMILES string of the molecule is O=C(COC(=O)CCC(=O)c1cccs1)Nc1cccc(Br)c1. The number of rotatable bonds is 7. The van der Waals surface area contributed by atoms with Gasteiger partial charge in [-0.05, 0) is 29.6 Å². The first-order valence-corrected chi connectivity index (χ1v) is 8.49. The summed E-state index contributed by atoms with van der Waals surface area (Å²) in [5.74, 6) is -1.10. The Bertz CT molecular complexity index is 700. The second-order valence-electron chi connectivity index (χ2n) is 4.62. The number of benzene rings is 1. The van der Waals surface area contributed by atoms with E-state index in [0.29, 0.717) is 10.6 Å². The van der Waals surface area contributed by atoms with Crippen molar-refractivity contribution >= 4 is 50.6 Å². The van der Waals surface area contributed by atoms with Crippen molar-refractivity contribution < 1.29 is 19.1 Å². The molecule has 5 nitrogen and oxygen atoms in total. The van der Waals surface area contributed by atoms with Gasteiger partial charge in [-0.3, -0.25) is 14.4 Å². The standard InChI is InChI=1S/C16H14BrNO4S/c17-11-3-1-4-12(9-11)18-15(20)10-22-16(21)7-6-13(19)14-5-2-8-23-14/h1-5,8-9H,6-7,10H2,(H,18,20). The van der Waals surface area contributed by atoms with Gasteiger partial charge in [0.25, 0.3) is 5.91 Å². The molecule has 1 aromatic heterocycles. The van der Waals surface area contributed by atoms with Crippen LogP contribution in [0.5, 0.6) is 0 Å². The van der Waals surface area contributed by atoms with Crippen LogP contribution in [-0.4, -0.2) is 24.3 Å². The number of anilines is 1. The quantitative estimate of drug-likeness (QED) is 0.573. The number of Topliss-reactive ketones (excluding diaryl/α,β-unsaturated/α-hetero) is 1. The van der Waals surface area contributed by atoms with E-state index in [2.05, 4.69) is 21.2 Å². The average Bonchev–Trinajstić information content (AvgIpc) is 3.05. The van der Waals surface area contributed by atoms with Crippen LogP contribution in [0, 0.1) is 0 Å². The summed E-state index contributed by atoms with van der Waals surface area (Å²) in [5, 5.41) is 4.42. The van der Waals surface area contributed by atoms with Crippen molar-refractivity contribution in [1.82, 2.24) is 0 Å². The number of hydrogen-bond donors (Lipinski definition) is 1. The minimum absolute atomic E-state index is 0.0408. The number of carbonyl (C=O) groups excluding carboxylic acids is 3. The van der Waals surface area contributed by atoms with E-state index in [1.165, 1.54) is 11.3 Å². The molecule has 1 amide bonds. The fourth-order valence-corrected chi connectivity index (χ4v) is 2.85. The molecule has 0 radical (unpaired) electrons. The molecule has 7 heteroatoms. The maximum atomic E-state index is 11.7. The average molecular weight is 396 g/mol. The van der Waals surface area contributed by atoms with Crippen LogP contribution >= 0.6 is 27.3 Å². The topological polar surface area (TPSA) is 72.5 Å². The maximum Gasteiger partial charge on any atom is 0.306 e. The van der Waals surface area contributed by atoms with Gasteiger partial charge >= 0.3 is 5.97 Å². The molecule has 2 aromatic rings. The molecule has 1 aromatic carbocycles. The van der Waals surface area contributed by atoms with Gasteiger partial charge in [0.1, 0.15) is 0 Å². The Morgan fingerprint density at radius 1 is 1.13 bits per heavy atom. The summed E-state index contributed by atoms with van der Waals surface area (Å²) < 4.78 is 5.70. The van der Waals surface area contributed by atoms with Crippen molar-refractivity contribution in [3.05, 3.63) is 51.1 Å². The summed E-state index contributed by atoms with van der Waals surface area (Å²) in [4.78, 5) is 35.6. The number of ketones is 1. The minimum Gasteiger partial charge on any atom is -0.456 e. The van der Waals surface area contributed by atoms with Gasteiger partial charge < -0.3 is 10.1 Å². The Morgan fingerprint density at radius 3 is 2.65 bits per heavy atom. The highest BCUT2D eigenvalue weighted by atomic mass is 79.9. The lowest BCUT2D eigenvalue weighted by Gasteiger charge is -2.06. The number of nitrogens with one attached hydrogen (secondary N) is 1.